The number of benzene rings is 1. The summed E-state index contributed by atoms with van der Waals surface area (Å²) in [5, 5.41) is 2.86. The number of rotatable bonds is 0. The van der Waals surface area contributed by atoms with Crippen LogP contribution < -0.4 is 5.32 Å². The molecule has 0 saturated heterocycles. The molecule has 0 saturated carbocycles. The third-order valence-electron chi connectivity index (χ3n) is 2.71. The van der Waals surface area contributed by atoms with Gasteiger partial charge in [0, 0.05) is 16.8 Å². The van der Waals surface area contributed by atoms with Gasteiger partial charge in [-0.3, -0.25) is 4.79 Å². The van der Waals surface area contributed by atoms with E-state index < -0.39 is 0 Å². The molecule has 0 aliphatic carbocycles. The summed E-state index contributed by atoms with van der Waals surface area (Å²) in [4.78, 5) is 11.5. The average molecular weight is 187 g/mol. The first-order valence-corrected chi connectivity index (χ1v) is 4.72. The summed E-state index contributed by atoms with van der Waals surface area (Å²) in [6, 6.07) is 4.09. The van der Waals surface area contributed by atoms with E-state index in [1.807, 2.05) is 19.1 Å². The maximum atomic E-state index is 11.5. The first-order chi connectivity index (χ1) is 6.63. The molecular formula is C12H13NO. The van der Waals surface area contributed by atoms with Crippen molar-refractivity contribution < 1.29 is 4.79 Å². The Kier molecular flexibility index (Phi) is 1.92. The fourth-order valence-corrected chi connectivity index (χ4v) is 1.74. The fraction of sp³-hybridized carbons (Fsp3) is 0.250. The first-order valence-electron chi connectivity index (χ1n) is 4.72. The van der Waals surface area contributed by atoms with Crippen molar-refractivity contribution in [3.05, 3.63) is 34.9 Å². The van der Waals surface area contributed by atoms with Gasteiger partial charge >= 0.3 is 0 Å². The van der Waals surface area contributed by atoms with Crippen LogP contribution in [0.2, 0.25) is 0 Å². The molecule has 0 atom stereocenters. The summed E-state index contributed by atoms with van der Waals surface area (Å²) in [6.45, 7) is 6.00. The van der Waals surface area contributed by atoms with E-state index in [0.717, 1.165) is 16.8 Å². The molecule has 2 heteroatoms. The van der Waals surface area contributed by atoms with Crippen LogP contribution in [0.3, 0.4) is 0 Å². The largest absolute Gasteiger partial charge is 0.321 e. The minimum absolute atomic E-state index is 0.00694. The quantitative estimate of drug-likeness (QED) is 0.621. The number of aryl methyl sites for hydroxylation is 2. The minimum atomic E-state index is 0.00694. The van der Waals surface area contributed by atoms with Crippen molar-refractivity contribution in [2.45, 2.75) is 20.8 Å². The van der Waals surface area contributed by atoms with E-state index in [0.29, 0.717) is 0 Å². The molecule has 1 amide bonds. The predicted octanol–water partition coefficient (Wildman–Crippen LogP) is 2.66. The van der Waals surface area contributed by atoms with E-state index in [1.54, 1.807) is 0 Å². The Morgan fingerprint density at radius 1 is 1.21 bits per heavy atom. The molecule has 0 unspecified atom stereocenters. The molecule has 0 fully saturated rings. The van der Waals surface area contributed by atoms with Crippen LogP contribution in [0.4, 0.5) is 5.69 Å². The number of fused-ring (bicyclic) bond motifs is 1. The highest BCUT2D eigenvalue weighted by molar-refractivity contribution is 6.31. The first kappa shape index (κ1) is 9.00. The van der Waals surface area contributed by atoms with Crippen molar-refractivity contribution in [3.8, 4) is 0 Å². The second-order valence-electron chi connectivity index (χ2n) is 3.64. The maximum absolute atomic E-state index is 11.5. The molecule has 0 bridgehead atoms. The topological polar surface area (TPSA) is 29.1 Å². The van der Waals surface area contributed by atoms with Crippen LogP contribution in [0.1, 0.15) is 23.6 Å². The van der Waals surface area contributed by atoms with Crippen LogP contribution in [-0.4, -0.2) is 5.91 Å². The summed E-state index contributed by atoms with van der Waals surface area (Å²) < 4.78 is 0. The third kappa shape index (κ3) is 1.15. The standard InChI is InChI=1S/C12H13NO/c1-4-9-10-5-7(2)8(3)6-11(10)13-12(9)14/h4-6H,1-3H3,(H,13,14)/b9-4+. The van der Waals surface area contributed by atoms with E-state index >= 15 is 0 Å². The monoisotopic (exact) mass is 187 g/mol. The van der Waals surface area contributed by atoms with Gasteiger partial charge in [-0.15, -0.1) is 0 Å². The van der Waals surface area contributed by atoms with Crippen LogP contribution in [0.15, 0.2) is 18.2 Å². The number of amides is 1. The molecular weight excluding hydrogens is 174 g/mol. The molecule has 14 heavy (non-hydrogen) atoms. The van der Waals surface area contributed by atoms with E-state index in [9.17, 15) is 4.79 Å². The second kappa shape index (κ2) is 2.98. The zero-order valence-electron chi connectivity index (χ0n) is 8.64. The number of anilines is 1. The molecule has 0 aromatic heterocycles. The fourth-order valence-electron chi connectivity index (χ4n) is 1.74. The predicted molar refractivity (Wildman–Crippen MR) is 58.2 cm³/mol. The highest BCUT2D eigenvalue weighted by Crippen LogP contribution is 2.33. The Labute approximate surface area is 83.6 Å². The number of allylic oxidation sites excluding steroid dienone is 1. The Balaban J connectivity index is 2.66. The average Bonchev–Trinajstić information content (AvgIpc) is 2.42. The molecule has 1 heterocycles. The molecule has 72 valence electrons. The lowest BCUT2D eigenvalue weighted by molar-refractivity contribution is -0.110. The lowest BCUT2D eigenvalue weighted by Crippen LogP contribution is -2.03. The van der Waals surface area contributed by atoms with Crippen molar-refractivity contribution in [1.29, 1.82) is 0 Å². The summed E-state index contributed by atoms with van der Waals surface area (Å²) >= 11 is 0. The van der Waals surface area contributed by atoms with Crippen molar-refractivity contribution in [1.82, 2.24) is 0 Å². The van der Waals surface area contributed by atoms with Crippen LogP contribution in [0, 0.1) is 13.8 Å². The minimum Gasteiger partial charge on any atom is -0.321 e. The Hall–Kier alpha value is -1.57. The van der Waals surface area contributed by atoms with Gasteiger partial charge in [-0.2, -0.15) is 0 Å². The van der Waals surface area contributed by atoms with Crippen LogP contribution in [0.5, 0.6) is 0 Å². The summed E-state index contributed by atoms with van der Waals surface area (Å²) in [5.41, 5.74) is 5.18. The van der Waals surface area contributed by atoms with Gasteiger partial charge in [0.25, 0.3) is 5.91 Å². The zero-order valence-corrected chi connectivity index (χ0v) is 8.64. The van der Waals surface area contributed by atoms with Gasteiger partial charge in [0.2, 0.25) is 0 Å². The molecule has 1 aliphatic rings. The number of hydrogen-bond acceptors (Lipinski definition) is 1. The summed E-state index contributed by atoms with van der Waals surface area (Å²) in [7, 11) is 0. The number of hydrogen-bond donors (Lipinski definition) is 1. The third-order valence-corrected chi connectivity index (χ3v) is 2.71. The van der Waals surface area contributed by atoms with Crippen molar-refractivity contribution in [2.24, 2.45) is 0 Å². The SMILES string of the molecule is C/C=C1/C(=O)Nc2cc(C)c(C)cc21. The molecule has 1 aromatic carbocycles. The lowest BCUT2D eigenvalue weighted by atomic mass is 10.0. The van der Waals surface area contributed by atoms with E-state index in [2.05, 4.69) is 25.2 Å². The van der Waals surface area contributed by atoms with Crippen LogP contribution >= 0.6 is 0 Å². The lowest BCUT2D eigenvalue weighted by Gasteiger charge is -2.03. The van der Waals surface area contributed by atoms with E-state index in [4.69, 9.17) is 0 Å². The second-order valence-corrected chi connectivity index (χ2v) is 3.64. The highest BCUT2D eigenvalue weighted by Gasteiger charge is 2.23. The molecule has 2 rings (SSSR count). The van der Waals surface area contributed by atoms with Crippen LogP contribution in [0.25, 0.3) is 5.57 Å². The van der Waals surface area contributed by atoms with Crippen molar-refractivity contribution in [3.63, 3.8) is 0 Å². The Morgan fingerprint density at radius 3 is 2.50 bits per heavy atom. The van der Waals surface area contributed by atoms with Crippen molar-refractivity contribution >= 4 is 17.2 Å². The van der Waals surface area contributed by atoms with Gasteiger partial charge < -0.3 is 5.32 Å². The van der Waals surface area contributed by atoms with Gasteiger partial charge in [-0.05, 0) is 44.0 Å². The molecule has 1 N–H and O–H groups in total. The van der Waals surface area contributed by atoms with Gasteiger partial charge in [-0.1, -0.05) is 6.08 Å². The summed E-state index contributed by atoms with van der Waals surface area (Å²) in [5.74, 6) is 0.00694. The van der Waals surface area contributed by atoms with Gasteiger partial charge in [0.15, 0.2) is 0 Å². The van der Waals surface area contributed by atoms with Gasteiger partial charge in [-0.25, -0.2) is 0 Å². The Morgan fingerprint density at radius 2 is 1.86 bits per heavy atom. The zero-order chi connectivity index (χ0) is 10.3. The van der Waals surface area contributed by atoms with E-state index in [-0.39, 0.29) is 5.91 Å². The maximum Gasteiger partial charge on any atom is 0.256 e. The number of nitrogens with one attached hydrogen (secondary N) is 1. The summed E-state index contributed by atoms with van der Waals surface area (Å²) in [6.07, 6.45) is 1.86. The molecule has 0 spiro atoms. The van der Waals surface area contributed by atoms with E-state index in [1.165, 1.54) is 11.1 Å². The van der Waals surface area contributed by atoms with Gasteiger partial charge in [0.05, 0.1) is 0 Å². The number of carbonyl (C=O) groups excluding carboxylic acids is 1. The smallest absolute Gasteiger partial charge is 0.256 e. The van der Waals surface area contributed by atoms with Crippen LogP contribution in [-0.2, 0) is 4.79 Å². The highest BCUT2D eigenvalue weighted by atomic mass is 16.1. The van der Waals surface area contributed by atoms with Gasteiger partial charge in [0.1, 0.15) is 0 Å². The molecule has 1 aromatic rings. The molecule has 0 radical (unpaired) electrons. The molecule has 1 aliphatic heterocycles. The molecule has 2 nitrogen and oxygen atoms in total. The normalized spacial score (nSPS) is 17.1. The van der Waals surface area contributed by atoms with Crippen molar-refractivity contribution in [2.75, 3.05) is 5.32 Å². The Bertz CT molecular complexity index is 444. The number of carbonyl (C=O) groups is 1.